The van der Waals surface area contributed by atoms with Crippen LogP contribution in [0.4, 0.5) is 10.5 Å². The summed E-state index contributed by atoms with van der Waals surface area (Å²) in [6.07, 6.45) is 10.7. The van der Waals surface area contributed by atoms with E-state index in [0.717, 1.165) is 99.6 Å². The number of aromatic amines is 1. The number of anilines is 1. The molecule has 3 N–H and O–H groups in total. The van der Waals surface area contributed by atoms with Crippen molar-refractivity contribution < 1.29 is 14.0 Å². The molecule has 2 fully saturated rings. The number of nitrogens with one attached hydrogen (secondary N) is 3. The van der Waals surface area contributed by atoms with Gasteiger partial charge >= 0.3 is 6.03 Å². The lowest BCUT2D eigenvalue weighted by molar-refractivity contribution is 0.0937. The molecule has 1 saturated carbocycles. The first kappa shape index (κ1) is 27.9. The predicted octanol–water partition coefficient (Wildman–Crippen LogP) is 5.70. The first-order valence-electron chi connectivity index (χ1n) is 15.2. The first-order chi connectivity index (χ1) is 20.6. The summed E-state index contributed by atoms with van der Waals surface area (Å²) in [7, 11) is 0. The van der Waals surface area contributed by atoms with Gasteiger partial charge in [-0.2, -0.15) is 5.26 Å². The molecule has 9 nitrogen and oxygen atoms in total. The van der Waals surface area contributed by atoms with Crippen molar-refractivity contribution in [3.05, 3.63) is 65.5 Å². The van der Waals surface area contributed by atoms with Gasteiger partial charge in [0.15, 0.2) is 5.76 Å². The Bertz CT molecular complexity index is 1600. The number of carbonyl (C=O) groups excluding carboxylic acids is 2. The standard InChI is InChI=1S/C33H38N6O3/c34-21-23-9-11-29-28(18-23)24(22-35-29)6-4-5-13-38-14-16-39(17-15-38)27-10-12-30-25(19-27)20-31(42-30)32(40)37-33(41)36-26-7-2-1-3-8-26/h9-12,18-20,22,26,35H,1-8,13-17H2,(H2,36,37,40,41). The number of carbonyl (C=O) groups is 2. The van der Waals surface area contributed by atoms with Crippen LogP contribution in [0.5, 0.6) is 0 Å². The van der Waals surface area contributed by atoms with Gasteiger partial charge in [0.05, 0.1) is 11.6 Å². The minimum Gasteiger partial charge on any atom is -0.451 e. The molecule has 1 aliphatic carbocycles. The molecule has 9 heteroatoms. The Morgan fingerprint density at radius 3 is 2.64 bits per heavy atom. The van der Waals surface area contributed by atoms with Gasteiger partial charge in [-0.25, -0.2) is 4.79 Å². The normalized spacial score (nSPS) is 16.5. The third-order valence-corrected chi connectivity index (χ3v) is 8.70. The number of nitrogens with zero attached hydrogens (tertiary/aromatic N) is 3. The maximum Gasteiger partial charge on any atom is 0.322 e. The minimum atomic E-state index is -0.522. The second-order valence-corrected chi connectivity index (χ2v) is 11.6. The highest BCUT2D eigenvalue weighted by Gasteiger charge is 2.21. The fraction of sp³-hybridized carbons (Fsp3) is 0.424. The summed E-state index contributed by atoms with van der Waals surface area (Å²) in [4.78, 5) is 33.2. The van der Waals surface area contributed by atoms with Crippen LogP contribution in [0, 0.1) is 11.3 Å². The molecule has 2 aromatic heterocycles. The molecule has 218 valence electrons. The Morgan fingerprint density at radius 1 is 1.00 bits per heavy atom. The summed E-state index contributed by atoms with van der Waals surface area (Å²) >= 11 is 0. The lowest BCUT2D eigenvalue weighted by atomic mass is 9.96. The van der Waals surface area contributed by atoms with Gasteiger partial charge in [-0.05, 0) is 86.7 Å². The van der Waals surface area contributed by atoms with Crippen molar-refractivity contribution in [2.45, 2.75) is 57.4 Å². The van der Waals surface area contributed by atoms with Crippen molar-refractivity contribution in [1.29, 1.82) is 5.26 Å². The Hall–Kier alpha value is -4.29. The number of furan rings is 1. The smallest absolute Gasteiger partial charge is 0.322 e. The van der Waals surface area contributed by atoms with E-state index in [2.05, 4.69) is 43.7 Å². The lowest BCUT2D eigenvalue weighted by Crippen LogP contribution is -2.46. The van der Waals surface area contributed by atoms with Crippen LogP contribution in [0.1, 0.15) is 66.6 Å². The zero-order valence-corrected chi connectivity index (χ0v) is 24.0. The Kier molecular flexibility index (Phi) is 8.42. The van der Waals surface area contributed by atoms with E-state index in [1.807, 2.05) is 30.3 Å². The molecule has 0 spiro atoms. The molecule has 0 radical (unpaired) electrons. The zero-order valence-electron chi connectivity index (χ0n) is 24.0. The van der Waals surface area contributed by atoms with Crippen molar-refractivity contribution in [2.75, 3.05) is 37.6 Å². The fourth-order valence-corrected chi connectivity index (χ4v) is 6.31. The van der Waals surface area contributed by atoms with E-state index in [1.54, 1.807) is 6.07 Å². The van der Waals surface area contributed by atoms with E-state index in [4.69, 9.17) is 4.42 Å². The zero-order chi connectivity index (χ0) is 28.9. The van der Waals surface area contributed by atoms with Crippen LogP contribution in [-0.2, 0) is 6.42 Å². The van der Waals surface area contributed by atoms with E-state index in [9.17, 15) is 14.9 Å². The highest BCUT2D eigenvalue weighted by molar-refractivity contribution is 6.04. The van der Waals surface area contributed by atoms with E-state index in [0.29, 0.717) is 11.1 Å². The van der Waals surface area contributed by atoms with E-state index in [1.165, 1.54) is 12.0 Å². The predicted molar refractivity (Wildman–Crippen MR) is 164 cm³/mol. The van der Waals surface area contributed by atoms with Crippen molar-refractivity contribution in [2.24, 2.45) is 0 Å². The molecule has 42 heavy (non-hydrogen) atoms. The van der Waals surface area contributed by atoms with Crippen molar-refractivity contribution in [3.63, 3.8) is 0 Å². The SMILES string of the molecule is N#Cc1ccc2[nH]cc(CCCCN3CCN(c4ccc5oc(C(=O)NC(=O)NC6CCCCC6)cc5c4)CC3)c2c1. The van der Waals surface area contributed by atoms with Crippen LogP contribution in [0.25, 0.3) is 21.9 Å². The number of imide groups is 1. The summed E-state index contributed by atoms with van der Waals surface area (Å²) in [5, 5.41) is 16.5. The molecular weight excluding hydrogens is 528 g/mol. The number of piperazine rings is 1. The summed E-state index contributed by atoms with van der Waals surface area (Å²) in [5.74, 6) is -0.379. The number of unbranched alkanes of at least 4 members (excludes halogenated alkanes) is 1. The van der Waals surface area contributed by atoms with Gasteiger partial charge < -0.3 is 19.6 Å². The van der Waals surface area contributed by atoms with Gasteiger partial charge in [0, 0.05) is 60.4 Å². The van der Waals surface area contributed by atoms with Gasteiger partial charge in [-0.15, -0.1) is 0 Å². The molecule has 0 unspecified atom stereocenters. The molecule has 0 atom stereocenters. The summed E-state index contributed by atoms with van der Waals surface area (Å²) in [6.45, 7) is 4.97. The Labute approximate surface area is 245 Å². The molecule has 3 amide bonds. The van der Waals surface area contributed by atoms with Gasteiger partial charge in [0.2, 0.25) is 0 Å². The van der Waals surface area contributed by atoms with E-state index in [-0.39, 0.29) is 11.8 Å². The Morgan fingerprint density at radius 2 is 1.83 bits per heavy atom. The number of hydrogen-bond donors (Lipinski definition) is 3. The lowest BCUT2D eigenvalue weighted by Gasteiger charge is -2.36. The van der Waals surface area contributed by atoms with Crippen molar-refractivity contribution >= 4 is 39.5 Å². The molecular formula is C33H38N6O3. The number of aryl methyl sites for hydroxylation is 1. The van der Waals surface area contributed by atoms with Crippen LogP contribution in [-0.4, -0.2) is 60.6 Å². The van der Waals surface area contributed by atoms with E-state index < -0.39 is 11.9 Å². The quantitative estimate of drug-likeness (QED) is 0.236. The van der Waals surface area contributed by atoms with E-state index >= 15 is 0 Å². The number of rotatable bonds is 8. The van der Waals surface area contributed by atoms with Crippen LogP contribution >= 0.6 is 0 Å². The van der Waals surface area contributed by atoms with Crippen LogP contribution in [0.2, 0.25) is 0 Å². The van der Waals surface area contributed by atoms with Crippen molar-refractivity contribution in [3.8, 4) is 6.07 Å². The molecule has 2 aromatic carbocycles. The molecule has 4 aromatic rings. The Balaban J connectivity index is 0.963. The monoisotopic (exact) mass is 566 g/mol. The molecule has 1 aliphatic heterocycles. The summed E-state index contributed by atoms with van der Waals surface area (Å²) in [5.41, 5.74) is 4.82. The largest absolute Gasteiger partial charge is 0.451 e. The number of hydrogen-bond acceptors (Lipinski definition) is 6. The third-order valence-electron chi connectivity index (χ3n) is 8.70. The van der Waals surface area contributed by atoms with Crippen LogP contribution in [0.3, 0.4) is 0 Å². The molecule has 1 saturated heterocycles. The highest BCUT2D eigenvalue weighted by atomic mass is 16.3. The van der Waals surface area contributed by atoms with Crippen LogP contribution < -0.4 is 15.5 Å². The fourth-order valence-electron chi connectivity index (χ4n) is 6.31. The second kappa shape index (κ2) is 12.7. The summed E-state index contributed by atoms with van der Waals surface area (Å²) < 4.78 is 5.76. The molecule has 3 heterocycles. The highest BCUT2D eigenvalue weighted by Crippen LogP contribution is 2.27. The third kappa shape index (κ3) is 6.44. The van der Waals surface area contributed by atoms with Gasteiger partial charge in [0.25, 0.3) is 5.91 Å². The maximum absolute atomic E-state index is 12.7. The topological polar surface area (TPSA) is 117 Å². The number of aromatic nitrogens is 1. The number of H-pyrrole nitrogens is 1. The summed E-state index contributed by atoms with van der Waals surface area (Å²) in [6, 6.07) is 15.4. The maximum atomic E-state index is 12.7. The number of urea groups is 1. The number of benzene rings is 2. The number of amides is 3. The first-order valence-corrected chi connectivity index (χ1v) is 15.2. The number of fused-ring (bicyclic) bond motifs is 2. The molecule has 2 aliphatic rings. The molecule has 0 bridgehead atoms. The van der Waals surface area contributed by atoms with Crippen molar-refractivity contribution in [1.82, 2.24) is 20.5 Å². The minimum absolute atomic E-state index is 0.134. The van der Waals surface area contributed by atoms with Gasteiger partial charge in [-0.1, -0.05) is 19.3 Å². The second-order valence-electron chi connectivity index (χ2n) is 11.6. The van der Waals surface area contributed by atoms with Gasteiger partial charge in [0.1, 0.15) is 5.58 Å². The molecule has 6 rings (SSSR count). The van der Waals surface area contributed by atoms with Gasteiger partial charge in [-0.3, -0.25) is 15.0 Å². The van der Waals surface area contributed by atoms with Crippen LogP contribution in [0.15, 0.2) is 53.1 Å². The average Bonchev–Trinajstić information content (AvgIpc) is 3.63. The number of nitriles is 1. The average molecular weight is 567 g/mol.